The normalized spacial score (nSPS) is 22.1. The molecule has 0 aliphatic carbocycles. The number of rotatable bonds is 4. The van der Waals surface area contributed by atoms with E-state index in [1.165, 1.54) is 6.07 Å². The highest BCUT2D eigenvalue weighted by Gasteiger charge is 2.25. The molecule has 0 spiro atoms. The molecule has 0 fully saturated rings. The number of aromatic hydroxyl groups is 2. The predicted molar refractivity (Wildman–Crippen MR) is 96.5 cm³/mol. The minimum atomic E-state index is -0.672. The molecule has 144 valence electrons. The summed E-state index contributed by atoms with van der Waals surface area (Å²) >= 11 is 0. The lowest BCUT2D eigenvalue weighted by molar-refractivity contribution is -0.121. The fourth-order valence-electron chi connectivity index (χ4n) is 3.15. The van der Waals surface area contributed by atoms with Crippen molar-refractivity contribution >= 4 is 11.8 Å². The Balaban J connectivity index is 2.25. The predicted octanol–water partition coefficient (Wildman–Crippen LogP) is 3.51. The average molecular weight is 364 g/mol. The highest BCUT2D eigenvalue weighted by molar-refractivity contribution is 5.96. The number of hydrogen-bond acceptors (Lipinski definition) is 6. The number of benzene rings is 1. The highest BCUT2D eigenvalue weighted by Crippen LogP contribution is 2.30. The molecule has 0 radical (unpaired) electrons. The minimum Gasteiger partial charge on any atom is -0.508 e. The van der Waals surface area contributed by atoms with Crippen LogP contribution in [0, 0.1) is 0 Å². The van der Waals surface area contributed by atoms with Crippen molar-refractivity contribution in [3.05, 3.63) is 23.3 Å². The molecule has 1 aromatic carbocycles. The van der Waals surface area contributed by atoms with Gasteiger partial charge in [0, 0.05) is 25.5 Å². The summed E-state index contributed by atoms with van der Waals surface area (Å²) in [7, 11) is 0. The Hall–Kier alpha value is -2.08. The van der Waals surface area contributed by atoms with E-state index in [0.717, 1.165) is 31.7 Å². The van der Waals surface area contributed by atoms with Crippen LogP contribution in [0.3, 0.4) is 0 Å². The Morgan fingerprint density at radius 1 is 1.23 bits per heavy atom. The lowest BCUT2D eigenvalue weighted by atomic mass is 9.96. The second kappa shape index (κ2) is 9.57. The Morgan fingerprint density at radius 3 is 2.73 bits per heavy atom. The van der Waals surface area contributed by atoms with Crippen molar-refractivity contribution in [2.75, 3.05) is 6.61 Å². The van der Waals surface area contributed by atoms with Crippen LogP contribution in [-0.2, 0) is 20.7 Å². The van der Waals surface area contributed by atoms with Gasteiger partial charge in [0.25, 0.3) is 0 Å². The quantitative estimate of drug-likeness (QED) is 0.627. The van der Waals surface area contributed by atoms with Crippen molar-refractivity contribution in [3.63, 3.8) is 0 Å². The molecule has 2 N–H and O–H groups in total. The van der Waals surface area contributed by atoms with Gasteiger partial charge in [0.15, 0.2) is 0 Å². The summed E-state index contributed by atoms with van der Waals surface area (Å²) in [5.41, 5.74) is 0.226. The monoisotopic (exact) mass is 364 g/mol. The number of carbonyl (C=O) groups is 2. The number of cyclic esters (lactones) is 1. The molecule has 0 bridgehead atoms. The van der Waals surface area contributed by atoms with Gasteiger partial charge >= 0.3 is 5.97 Å². The van der Waals surface area contributed by atoms with Gasteiger partial charge < -0.3 is 19.7 Å². The molecule has 0 amide bonds. The Labute approximate surface area is 154 Å². The number of Topliss-reactive ketones (excluding diaryl/α,β-unsaturated/α-hetero) is 1. The summed E-state index contributed by atoms with van der Waals surface area (Å²) in [4.78, 5) is 24.9. The molecule has 1 aliphatic rings. The molecule has 0 saturated heterocycles. The zero-order valence-corrected chi connectivity index (χ0v) is 15.5. The number of esters is 1. The molecule has 26 heavy (non-hydrogen) atoms. The number of ether oxygens (including phenoxy) is 2. The first-order valence-electron chi connectivity index (χ1n) is 9.29. The van der Waals surface area contributed by atoms with E-state index in [4.69, 9.17) is 9.47 Å². The second-order valence-corrected chi connectivity index (χ2v) is 6.91. The van der Waals surface area contributed by atoms with Gasteiger partial charge in [0.2, 0.25) is 0 Å². The standard InChI is InChI=1S/C20H28O6/c1-3-4-8-25-17-7-5-6-13(2)26-20(24)19-14(9-15(21)11-17)10-16(22)12-18(19)23/h10,12-13,17,22-23H,3-9,11H2,1-2H3/t13-,17-/m0/s1. The Kier molecular flexibility index (Phi) is 7.45. The molecule has 2 atom stereocenters. The van der Waals surface area contributed by atoms with Crippen LogP contribution in [0.25, 0.3) is 0 Å². The molecular weight excluding hydrogens is 336 g/mol. The van der Waals surface area contributed by atoms with Crippen molar-refractivity contribution in [3.8, 4) is 11.5 Å². The molecule has 0 unspecified atom stereocenters. The summed E-state index contributed by atoms with van der Waals surface area (Å²) in [5, 5.41) is 19.8. The van der Waals surface area contributed by atoms with Gasteiger partial charge in [0.05, 0.1) is 12.2 Å². The maximum absolute atomic E-state index is 12.5. The molecule has 1 aromatic rings. The van der Waals surface area contributed by atoms with Crippen molar-refractivity contribution in [2.45, 2.75) is 71.0 Å². The fourth-order valence-corrected chi connectivity index (χ4v) is 3.15. The number of carbonyl (C=O) groups excluding carboxylic acids is 2. The van der Waals surface area contributed by atoms with Crippen LogP contribution in [0.15, 0.2) is 12.1 Å². The molecule has 2 rings (SSSR count). The van der Waals surface area contributed by atoms with Crippen LogP contribution in [0.1, 0.15) is 68.3 Å². The molecular formula is C20H28O6. The molecule has 6 heteroatoms. The maximum atomic E-state index is 12.5. The summed E-state index contributed by atoms with van der Waals surface area (Å²) < 4.78 is 11.3. The first-order chi connectivity index (χ1) is 12.4. The van der Waals surface area contributed by atoms with E-state index >= 15 is 0 Å². The lowest BCUT2D eigenvalue weighted by Gasteiger charge is -2.21. The molecule has 1 aliphatic heterocycles. The Morgan fingerprint density at radius 2 is 2.00 bits per heavy atom. The third-order valence-electron chi connectivity index (χ3n) is 4.53. The number of phenols is 2. The van der Waals surface area contributed by atoms with Crippen LogP contribution in [0.5, 0.6) is 11.5 Å². The van der Waals surface area contributed by atoms with Gasteiger partial charge in [-0.05, 0) is 44.2 Å². The van der Waals surface area contributed by atoms with E-state index in [2.05, 4.69) is 6.92 Å². The topological polar surface area (TPSA) is 93.1 Å². The van der Waals surface area contributed by atoms with E-state index < -0.39 is 5.97 Å². The number of unbranched alkanes of at least 4 members (excludes halogenated alkanes) is 1. The summed E-state index contributed by atoms with van der Waals surface area (Å²) in [6.07, 6.45) is 3.87. The molecule has 0 aromatic heterocycles. The summed E-state index contributed by atoms with van der Waals surface area (Å²) in [5.74, 6) is -1.34. The van der Waals surface area contributed by atoms with Crippen molar-refractivity contribution in [1.82, 2.24) is 0 Å². The van der Waals surface area contributed by atoms with E-state index in [1.807, 2.05) is 0 Å². The van der Waals surface area contributed by atoms with E-state index in [0.29, 0.717) is 13.0 Å². The van der Waals surface area contributed by atoms with Crippen LogP contribution >= 0.6 is 0 Å². The van der Waals surface area contributed by atoms with E-state index in [9.17, 15) is 19.8 Å². The second-order valence-electron chi connectivity index (χ2n) is 6.91. The number of hydrogen-bond donors (Lipinski definition) is 2. The zero-order chi connectivity index (χ0) is 19.1. The van der Waals surface area contributed by atoms with Crippen LogP contribution in [-0.4, -0.2) is 40.8 Å². The third kappa shape index (κ3) is 5.73. The van der Waals surface area contributed by atoms with Crippen LogP contribution in [0.2, 0.25) is 0 Å². The number of phenolic OH excluding ortho intramolecular Hbond substituents is 2. The minimum absolute atomic E-state index is 0.0491. The van der Waals surface area contributed by atoms with Gasteiger partial charge in [-0.15, -0.1) is 0 Å². The average Bonchev–Trinajstić information content (AvgIpc) is 2.52. The number of fused-ring (bicyclic) bond motifs is 1. The van der Waals surface area contributed by atoms with Crippen LogP contribution < -0.4 is 0 Å². The van der Waals surface area contributed by atoms with Gasteiger partial charge in [-0.25, -0.2) is 4.79 Å². The van der Waals surface area contributed by atoms with Crippen molar-refractivity contribution in [1.29, 1.82) is 0 Å². The van der Waals surface area contributed by atoms with Crippen LogP contribution in [0.4, 0.5) is 0 Å². The smallest absolute Gasteiger partial charge is 0.342 e. The molecule has 1 heterocycles. The zero-order valence-electron chi connectivity index (χ0n) is 15.5. The Bertz CT molecular complexity index is 639. The lowest BCUT2D eigenvalue weighted by Crippen LogP contribution is -2.23. The summed E-state index contributed by atoms with van der Waals surface area (Å²) in [6, 6.07) is 2.41. The highest BCUT2D eigenvalue weighted by atomic mass is 16.5. The van der Waals surface area contributed by atoms with Crippen molar-refractivity contribution in [2.24, 2.45) is 0 Å². The van der Waals surface area contributed by atoms with Gasteiger partial charge in [0.1, 0.15) is 22.8 Å². The van der Waals surface area contributed by atoms with Gasteiger partial charge in [-0.1, -0.05) is 13.3 Å². The fraction of sp³-hybridized carbons (Fsp3) is 0.600. The largest absolute Gasteiger partial charge is 0.508 e. The van der Waals surface area contributed by atoms with Crippen molar-refractivity contribution < 1.29 is 29.3 Å². The van der Waals surface area contributed by atoms with Gasteiger partial charge in [-0.2, -0.15) is 0 Å². The first-order valence-corrected chi connectivity index (χ1v) is 9.29. The SMILES string of the molecule is CCCCO[C@H]1CCC[C@H](C)OC(=O)c2c(O)cc(O)cc2CC(=O)C1. The maximum Gasteiger partial charge on any atom is 0.342 e. The van der Waals surface area contributed by atoms with E-state index in [-0.39, 0.29) is 53.5 Å². The summed E-state index contributed by atoms with van der Waals surface area (Å²) in [6.45, 7) is 4.51. The molecule has 6 nitrogen and oxygen atoms in total. The van der Waals surface area contributed by atoms with Gasteiger partial charge in [-0.3, -0.25) is 4.79 Å². The van der Waals surface area contributed by atoms with E-state index in [1.54, 1.807) is 6.92 Å². The first kappa shape index (κ1) is 20.2. The number of ketones is 1. The molecule has 0 saturated carbocycles. The third-order valence-corrected chi connectivity index (χ3v) is 4.53.